The lowest BCUT2D eigenvalue weighted by molar-refractivity contribution is 0.254. The fourth-order valence-corrected chi connectivity index (χ4v) is 4.26. The quantitative estimate of drug-likeness (QED) is 0.708. The van der Waals surface area contributed by atoms with Crippen molar-refractivity contribution in [1.29, 1.82) is 0 Å². The van der Waals surface area contributed by atoms with Crippen LogP contribution in [0.4, 0.5) is 10.6 Å². The molecule has 0 unspecified atom stereocenters. The van der Waals surface area contributed by atoms with E-state index < -0.39 is 17.1 Å². The summed E-state index contributed by atoms with van der Waals surface area (Å²) in [4.78, 5) is 26.0. The smallest absolute Gasteiger partial charge is 0.320 e. The van der Waals surface area contributed by atoms with Crippen LogP contribution < -0.4 is 20.1 Å². The van der Waals surface area contributed by atoms with Gasteiger partial charge >= 0.3 is 6.03 Å². The van der Waals surface area contributed by atoms with Gasteiger partial charge in [0.2, 0.25) is 5.88 Å². The van der Waals surface area contributed by atoms with Crippen LogP contribution in [0.1, 0.15) is 0 Å². The zero-order valence-corrected chi connectivity index (χ0v) is 13.1. The zero-order chi connectivity index (χ0) is 15.5. The van der Waals surface area contributed by atoms with Crippen LogP contribution in [0, 0.1) is 0 Å². The van der Waals surface area contributed by atoms with Crippen molar-refractivity contribution in [3.63, 3.8) is 0 Å². The molecule has 0 spiro atoms. The Kier molecular flexibility index (Phi) is 4.14. The highest BCUT2D eigenvalue weighted by Gasteiger charge is 2.21. The number of ether oxygens (including phenoxy) is 1. The van der Waals surface area contributed by atoms with Crippen LogP contribution in [-0.2, 0) is 0 Å². The standard InChI is InChI=1S/C13H18N6O2S/c1-21-12-10-9(2-3-15-12)11(17-8-16-10)19-4-6-22(7-5-19)18-13(14)20/h2-3,8,22H,4-7H2,1H3,(H3,14,18,20). The minimum absolute atomic E-state index is 0.442. The number of nitrogens with one attached hydrogen (secondary N) is 1. The second kappa shape index (κ2) is 6.22. The summed E-state index contributed by atoms with van der Waals surface area (Å²) in [7, 11) is 1.58. The molecule has 0 saturated carbocycles. The molecule has 2 aromatic rings. The average molecular weight is 322 g/mol. The average Bonchev–Trinajstić information content (AvgIpc) is 2.54. The normalized spacial score (nSPS) is 16.6. The number of hydrogen-bond donors (Lipinski definition) is 3. The summed E-state index contributed by atoms with van der Waals surface area (Å²) in [5.74, 6) is 3.16. The Labute approximate surface area is 130 Å². The number of thiol groups is 1. The Hall–Kier alpha value is -2.29. The van der Waals surface area contributed by atoms with Gasteiger partial charge in [0.15, 0.2) is 0 Å². The number of carbonyl (C=O) groups excluding carboxylic acids is 1. The SMILES string of the molecule is COc1nccc2c(N3CC[SH](NC(N)=O)CC3)ncnc12. The molecule has 0 aromatic carbocycles. The number of pyridine rings is 1. The third kappa shape index (κ3) is 2.84. The predicted octanol–water partition coefficient (Wildman–Crippen LogP) is 0.438. The number of aromatic nitrogens is 3. The van der Waals surface area contributed by atoms with Gasteiger partial charge in [-0.05, 0) is 6.07 Å². The van der Waals surface area contributed by atoms with Crippen molar-refractivity contribution in [2.24, 2.45) is 5.73 Å². The van der Waals surface area contributed by atoms with Crippen molar-refractivity contribution < 1.29 is 9.53 Å². The van der Waals surface area contributed by atoms with Crippen molar-refractivity contribution in [1.82, 2.24) is 19.7 Å². The number of fused-ring (bicyclic) bond motifs is 1. The van der Waals surface area contributed by atoms with Gasteiger partial charge in [-0.25, -0.2) is 19.7 Å². The van der Waals surface area contributed by atoms with Crippen LogP contribution in [0.3, 0.4) is 0 Å². The van der Waals surface area contributed by atoms with Crippen molar-refractivity contribution in [3.05, 3.63) is 18.6 Å². The molecule has 1 aliphatic rings. The number of anilines is 1. The maximum Gasteiger partial charge on any atom is 0.320 e. The molecule has 118 valence electrons. The third-order valence-corrected chi connectivity index (χ3v) is 5.56. The Morgan fingerprint density at radius 3 is 2.82 bits per heavy atom. The Balaban J connectivity index is 1.84. The van der Waals surface area contributed by atoms with Gasteiger partial charge in [0, 0.05) is 36.2 Å². The third-order valence-electron chi connectivity index (χ3n) is 3.54. The first-order valence-electron chi connectivity index (χ1n) is 6.88. The van der Waals surface area contributed by atoms with Crippen molar-refractivity contribution in [3.8, 4) is 5.88 Å². The van der Waals surface area contributed by atoms with E-state index in [1.165, 1.54) is 6.33 Å². The highest BCUT2D eigenvalue weighted by atomic mass is 32.2. The molecule has 9 heteroatoms. The summed E-state index contributed by atoms with van der Waals surface area (Å²) in [5, 5.41) is 0.920. The second-order valence-corrected chi connectivity index (χ2v) is 7.06. The molecular weight excluding hydrogens is 304 g/mol. The number of rotatable bonds is 3. The van der Waals surface area contributed by atoms with Gasteiger partial charge in [-0.3, -0.25) is 0 Å². The molecule has 8 nitrogen and oxygen atoms in total. The molecular formula is C13H18N6O2S. The number of nitrogens with two attached hydrogens (primary N) is 1. The highest BCUT2D eigenvalue weighted by molar-refractivity contribution is 8.15. The maximum absolute atomic E-state index is 10.9. The van der Waals surface area contributed by atoms with E-state index in [9.17, 15) is 4.79 Å². The van der Waals surface area contributed by atoms with Crippen LogP contribution in [0.2, 0.25) is 0 Å². The van der Waals surface area contributed by atoms with E-state index in [1.807, 2.05) is 6.07 Å². The number of methoxy groups -OCH3 is 1. The molecule has 2 aromatic heterocycles. The summed E-state index contributed by atoms with van der Waals surface area (Å²) >= 11 is -0.527. The first-order valence-corrected chi connectivity index (χ1v) is 8.60. The maximum atomic E-state index is 10.9. The summed E-state index contributed by atoms with van der Waals surface area (Å²) in [6.45, 7) is 1.64. The number of amides is 2. The van der Waals surface area contributed by atoms with Gasteiger partial charge in [0.1, 0.15) is 17.7 Å². The fourth-order valence-electron chi connectivity index (χ4n) is 2.54. The van der Waals surface area contributed by atoms with Gasteiger partial charge in [-0.2, -0.15) is 11.1 Å². The number of primary amides is 1. The summed E-state index contributed by atoms with van der Waals surface area (Å²) < 4.78 is 8.08. The summed E-state index contributed by atoms with van der Waals surface area (Å²) in [6.07, 6.45) is 3.22. The fraction of sp³-hybridized carbons (Fsp3) is 0.385. The lowest BCUT2D eigenvalue weighted by Crippen LogP contribution is -2.40. The van der Waals surface area contributed by atoms with Crippen LogP contribution >= 0.6 is 11.1 Å². The monoisotopic (exact) mass is 322 g/mol. The molecule has 0 atom stereocenters. The molecule has 0 bridgehead atoms. The molecule has 0 radical (unpaired) electrons. The number of urea groups is 1. The molecule has 22 heavy (non-hydrogen) atoms. The van der Waals surface area contributed by atoms with Crippen LogP contribution in [0.5, 0.6) is 5.88 Å². The molecule has 1 aliphatic heterocycles. The molecule has 1 saturated heterocycles. The molecule has 3 N–H and O–H groups in total. The lowest BCUT2D eigenvalue weighted by atomic mass is 10.2. The van der Waals surface area contributed by atoms with Crippen LogP contribution in [0.25, 0.3) is 10.9 Å². The molecule has 0 aliphatic carbocycles. The molecule has 3 rings (SSSR count). The largest absolute Gasteiger partial charge is 0.479 e. The van der Waals surface area contributed by atoms with Gasteiger partial charge in [-0.1, -0.05) is 0 Å². The van der Waals surface area contributed by atoms with Gasteiger partial charge in [0.25, 0.3) is 0 Å². The Bertz CT molecular complexity index is 689. The van der Waals surface area contributed by atoms with E-state index in [1.54, 1.807) is 13.3 Å². The Morgan fingerprint density at radius 1 is 1.36 bits per heavy atom. The predicted molar refractivity (Wildman–Crippen MR) is 87.5 cm³/mol. The minimum Gasteiger partial charge on any atom is -0.479 e. The van der Waals surface area contributed by atoms with E-state index in [-0.39, 0.29) is 0 Å². The van der Waals surface area contributed by atoms with Crippen molar-refractivity contribution in [2.45, 2.75) is 0 Å². The van der Waals surface area contributed by atoms with Crippen LogP contribution in [-0.4, -0.2) is 52.7 Å². The summed E-state index contributed by atoms with van der Waals surface area (Å²) in [6, 6.07) is 1.45. The number of carbonyl (C=O) groups is 1. The van der Waals surface area contributed by atoms with E-state index in [4.69, 9.17) is 10.5 Å². The highest BCUT2D eigenvalue weighted by Crippen LogP contribution is 2.31. The topological polar surface area (TPSA) is 106 Å². The van der Waals surface area contributed by atoms with Crippen molar-refractivity contribution >= 4 is 33.8 Å². The van der Waals surface area contributed by atoms with E-state index in [0.29, 0.717) is 11.4 Å². The molecule has 2 amide bonds. The first-order chi connectivity index (χ1) is 10.7. The number of hydrogen-bond acceptors (Lipinski definition) is 6. The Morgan fingerprint density at radius 2 is 2.14 bits per heavy atom. The molecule has 3 heterocycles. The van der Waals surface area contributed by atoms with E-state index in [0.717, 1.165) is 35.8 Å². The van der Waals surface area contributed by atoms with Gasteiger partial charge < -0.3 is 20.1 Å². The van der Waals surface area contributed by atoms with E-state index >= 15 is 0 Å². The first kappa shape index (κ1) is 14.6. The van der Waals surface area contributed by atoms with Crippen molar-refractivity contribution in [2.75, 3.05) is 36.6 Å². The van der Waals surface area contributed by atoms with Gasteiger partial charge in [0.05, 0.1) is 7.11 Å². The zero-order valence-electron chi connectivity index (χ0n) is 12.2. The van der Waals surface area contributed by atoms with E-state index in [2.05, 4.69) is 24.6 Å². The summed E-state index contributed by atoms with van der Waals surface area (Å²) in [5.41, 5.74) is 5.89. The minimum atomic E-state index is -0.527. The number of nitrogens with zero attached hydrogens (tertiary/aromatic N) is 4. The van der Waals surface area contributed by atoms with Gasteiger partial charge in [-0.15, -0.1) is 0 Å². The molecule has 1 fully saturated rings. The second-order valence-electron chi connectivity index (χ2n) is 4.86. The lowest BCUT2D eigenvalue weighted by Gasteiger charge is -2.35. The van der Waals surface area contributed by atoms with Crippen LogP contribution in [0.15, 0.2) is 18.6 Å².